The van der Waals surface area contributed by atoms with Crippen molar-refractivity contribution in [2.45, 2.75) is 150 Å². The Morgan fingerprint density at radius 2 is 0.808 bits per heavy atom. The predicted molar refractivity (Wildman–Crippen MR) is 112 cm³/mol. The van der Waals surface area contributed by atoms with Gasteiger partial charge in [0, 0.05) is 6.42 Å². The minimum absolute atomic E-state index is 0.0835. The zero-order chi connectivity index (χ0) is 19.8. The van der Waals surface area contributed by atoms with E-state index in [1.807, 2.05) is 41.5 Å². The summed E-state index contributed by atoms with van der Waals surface area (Å²) >= 11 is 0. The molecule has 0 saturated carbocycles. The Morgan fingerprint density at radius 3 is 1.12 bits per heavy atom. The first-order valence-electron chi connectivity index (χ1n) is 11.3. The molecule has 0 spiro atoms. The second-order valence-electron chi connectivity index (χ2n) is 8.47. The molecule has 26 heavy (non-hydrogen) atoms. The lowest BCUT2D eigenvalue weighted by Gasteiger charge is -2.37. The fourth-order valence-electron chi connectivity index (χ4n) is 3.34. The summed E-state index contributed by atoms with van der Waals surface area (Å²) in [6, 6.07) is 0. The van der Waals surface area contributed by atoms with Crippen molar-refractivity contribution in [1.29, 1.82) is 0 Å². The second-order valence-corrected chi connectivity index (χ2v) is 8.47. The molecule has 0 N–H and O–H groups in total. The van der Waals surface area contributed by atoms with E-state index in [4.69, 9.17) is 14.2 Å². The average molecular weight is 373 g/mol. The maximum atomic E-state index is 6.11. The molecule has 0 aromatic rings. The maximum Gasteiger partial charge on any atom is 0.283 e. The Morgan fingerprint density at radius 1 is 0.500 bits per heavy atom. The normalized spacial score (nSPS) is 12.7. The van der Waals surface area contributed by atoms with Gasteiger partial charge in [0.2, 0.25) is 0 Å². The maximum absolute atomic E-state index is 6.11. The third-order valence-electron chi connectivity index (χ3n) is 4.33. The molecule has 0 aliphatic rings. The van der Waals surface area contributed by atoms with E-state index in [0.29, 0.717) is 0 Å². The first-order chi connectivity index (χ1) is 12.3. The van der Waals surface area contributed by atoms with Gasteiger partial charge in [-0.05, 0) is 48.0 Å². The van der Waals surface area contributed by atoms with Crippen LogP contribution in [0.5, 0.6) is 0 Å². The SMILES string of the molecule is CCCCCCCCCCCCCC(OC(C)C)(OC(C)C)OC(C)C. The monoisotopic (exact) mass is 372 g/mol. The summed E-state index contributed by atoms with van der Waals surface area (Å²) in [5.74, 6) is -0.893. The largest absolute Gasteiger partial charge is 0.325 e. The highest BCUT2D eigenvalue weighted by molar-refractivity contribution is 4.64. The van der Waals surface area contributed by atoms with Crippen LogP contribution in [0.25, 0.3) is 0 Å². The molecule has 0 aliphatic carbocycles. The van der Waals surface area contributed by atoms with Gasteiger partial charge in [0.05, 0.1) is 18.3 Å². The van der Waals surface area contributed by atoms with Gasteiger partial charge in [0.15, 0.2) is 0 Å². The van der Waals surface area contributed by atoms with Crippen LogP contribution in [0.15, 0.2) is 0 Å². The third-order valence-corrected chi connectivity index (χ3v) is 4.33. The highest BCUT2D eigenvalue weighted by atomic mass is 16.9. The van der Waals surface area contributed by atoms with Crippen LogP contribution < -0.4 is 0 Å². The van der Waals surface area contributed by atoms with Crippen LogP contribution in [0.1, 0.15) is 126 Å². The summed E-state index contributed by atoms with van der Waals surface area (Å²) < 4.78 is 18.3. The third kappa shape index (κ3) is 15.0. The minimum atomic E-state index is -0.893. The van der Waals surface area contributed by atoms with E-state index in [1.165, 1.54) is 64.2 Å². The summed E-state index contributed by atoms with van der Waals surface area (Å²) in [6.45, 7) is 14.5. The summed E-state index contributed by atoms with van der Waals surface area (Å²) in [4.78, 5) is 0. The van der Waals surface area contributed by atoms with Crippen molar-refractivity contribution in [3.05, 3.63) is 0 Å². The second kappa shape index (κ2) is 15.9. The van der Waals surface area contributed by atoms with Crippen molar-refractivity contribution in [2.24, 2.45) is 0 Å². The van der Waals surface area contributed by atoms with Gasteiger partial charge in [-0.25, -0.2) is 0 Å². The zero-order valence-electron chi connectivity index (χ0n) is 18.9. The Bertz CT molecular complexity index is 273. The lowest BCUT2D eigenvalue weighted by Crippen LogP contribution is -2.44. The Hall–Kier alpha value is -0.120. The van der Waals surface area contributed by atoms with E-state index in [9.17, 15) is 0 Å². The molecule has 3 heteroatoms. The first kappa shape index (κ1) is 25.9. The van der Waals surface area contributed by atoms with Crippen molar-refractivity contribution in [2.75, 3.05) is 0 Å². The van der Waals surface area contributed by atoms with Crippen molar-refractivity contribution >= 4 is 0 Å². The number of ether oxygens (including phenoxy) is 3. The number of hydrogen-bond donors (Lipinski definition) is 0. The fourth-order valence-corrected chi connectivity index (χ4v) is 3.34. The van der Waals surface area contributed by atoms with Gasteiger partial charge in [-0.1, -0.05) is 71.1 Å². The van der Waals surface area contributed by atoms with Crippen LogP contribution in [0.2, 0.25) is 0 Å². The molecule has 0 fully saturated rings. The molecule has 0 unspecified atom stereocenters. The number of unbranched alkanes of at least 4 members (excludes halogenated alkanes) is 10. The molecular weight excluding hydrogens is 324 g/mol. The molecule has 0 aliphatic heterocycles. The van der Waals surface area contributed by atoms with E-state index in [2.05, 4.69) is 6.92 Å². The van der Waals surface area contributed by atoms with Crippen molar-refractivity contribution in [1.82, 2.24) is 0 Å². The highest BCUT2D eigenvalue weighted by Crippen LogP contribution is 2.28. The van der Waals surface area contributed by atoms with E-state index in [-0.39, 0.29) is 18.3 Å². The van der Waals surface area contributed by atoms with Crippen LogP contribution in [-0.4, -0.2) is 24.3 Å². The average Bonchev–Trinajstić information content (AvgIpc) is 2.50. The molecule has 0 aromatic carbocycles. The number of hydrogen-bond acceptors (Lipinski definition) is 3. The highest BCUT2D eigenvalue weighted by Gasteiger charge is 2.36. The van der Waals surface area contributed by atoms with Crippen molar-refractivity contribution < 1.29 is 14.2 Å². The zero-order valence-corrected chi connectivity index (χ0v) is 18.9. The van der Waals surface area contributed by atoms with Gasteiger partial charge >= 0.3 is 0 Å². The fraction of sp³-hybridized carbons (Fsp3) is 1.00. The summed E-state index contributed by atoms with van der Waals surface area (Å²) in [5, 5.41) is 0. The predicted octanol–water partition coefficient (Wildman–Crippen LogP) is 7.62. The van der Waals surface area contributed by atoms with Crippen LogP contribution in [0.3, 0.4) is 0 Å². The lowest BCUT2D eigenvalue weighted by atomic mass is 10.0. The minimum Gasteiger partial charge on any atom is -0.325 e. The van der Waals surface area contributed by atoms with Gasteiger partial charge in [-0.2, -0.15) is 0 Å². The molecule has 0 amide bonds. The van der Waals surface area contributed by atoms with Gasteiger partial charge in [0.25, 0.3) is 5.97 Å². The van der Waals surface area contributed by atoms with Crippen LogP contribution in [0, 0.1) is 0 Å². The van der Waals surface area contributed by atoms with Crippen molar-refractivity contribution in [3.8, 4) is 0 Å². The van der Waals surface area contributed by atoms with E-state index >= 15 is 0 Å². The molecule has 0 rings (SSSR count). The molecule has 3 nitrogen and oxygen atoms in total. The van der Waals surface area contributed by atoms with Gasteiger partial charge in [-0.3, -0.25) is 0 Å². The van der Waals surface area contributed by atoms with E-state index in [1.54, 1.807) is 0 Å². The molecule has 0 aromatic heterocycles. The van der Waals surface area contributed by atoms with Crippen LogP contribution in [-0.2, 0) is 14.2 Å². The summed E-state index contributed by atoms with van der Waals surface area (Å²) in [6.07, 6.45) is 15.8. The van der Waals surface area contributed by atoms with Crippen LogP contribution in [0.4, 0.5) is 0 Å². The molecule has 0 bridgehead atoms. The van der Waals surface area contributed by atoms with Gasteiger partial charge in [0.1, 0.15) is 0 Å². The molecular formula is C23H48O3. The summed E-state index contributed by atoms with van der Waals surface area (Å²) in [5.41, 5.74) is 0. The molecule has 158 valence electrons. The molecule has 0 atom stereocenters. The smallest absolute Gasteiger partial charge is 0.283 e. The lowest BCUT2D eigenvalue weighted by molar-refractivity contribution is -0.412. The Kier molecular flexibility index (Phi) is 15.8. The number of rotatable bonds is 18. The van der Waals surface area contributed by atoms with Crippen molar-refractivity contribution in [3.63, 3.8) is 0 Å². The van der Waals surface area contributed by atoms with E-state index < -0.39 is 5.97 Å². The van der Waals surface area contributed by atoms with Gasteiger partial charge < -0.3 is 14.2 Å². The Balaban J connectivity index is 4.08. The molecule has 0 radical (unpaired) electrons. The first-order valence-corrected chi connectivity index (χ1v) is 11.3. The van der Waals surface area contributed by atoms with E-state index in [0.717, 1.165) is 12.8 Å². The standard InChI is InChI=1S/C23H48O3/c1-8-9-10-11-12-13-14-15-16-17-18-19-23(24-20(2)3,25-21(4)5)26-22(6)7/h20-22H,8-19H2,1-7H3. The molecule has 0 saturated heterocycles. The molecule has 0 heterocycles. The quantitative estimate of drug-likeness (QED) is 0.183. The Labute approximate surface area is 164 Å². The van der Waals surface area contributed by atoms with Crippen LogP contribution >= 0.6 is 0 Å². The van der Waals surface area contributed by atoms with Gasteiger partial charge in [-0.15, -0.1) is 0 Å². The summed E-state index contributed by atoms with van der Waals surface area (Å²) in [7, 11) is 0. The topological polar surface area (TPSA) is 27.7 Å².